The molecule has 0 aliphatic carbocycles. The summed E-state index contributed by atoms with van der Waals surface area (Å²) in [5.74, 6) is -6.16. The second-order valence-corrected chi connectivity index (χ2v) is 10.7. The largest absolute Gasteiger partial charge is 0.465 e. The van der Waals surface area contributed by atoms with Gasteiger partial charge >= 0.3 is 12.1 Å². The highest BCUT2D eigenvalue weighted by Crippen LogP contribution is 2.40. The van der Waals surface area contributed by atoms with Gasteiger partial charge in [0.15, 0.2) is 11.6 Å². The van der Waals surface area contributed by atoms with E-state index < -0.39 is 69.7 Å². The minimum Gasteiger partial charge on any atom is -0.465 e. The number of benzene rings is 2. The predicted octanol–water partition coefficient (Wildman–Crippen LogP) is 5.86. The van der Waals surface area contributed by atoms with Gasteiger partial charge in [0.25, 0.3) is 5.91 Å². The SMILES string of the molecule is COCC(COC)N(C(=O)c1ccc(Br)cc1F)c1cc(F)c(Oc2ncc(CCn3nccn3)cc2C(F)(F)F)cc1C(=O)OC. The Kier molecular flexibility index (Phi) is 11.6. The van der Waals surface area contributed by atoms with Crippen molar-refractivity contribution in [3.8, 4) is 11.6 Å². The van der Waals surface area contributed by atoms with Crippen molar-refractivity contribution in [2.45, 2.75) is 25.2 Å². The number of alkyl halides is 3. The van der Waals surface area contributed by atoms with Crippen molar-refractivity contribution in [2.24, 2.45) is 0 Å². The topological polar surface area (TPSA) is 118 Å². The summed E-state index contributed by atoms with van der Waals surface area (Å²) >= 11 is 3.12. The van der Waals surface area contributed by atoms with Gasteiger partial charge in [-0.15, -0.1) is 0 Å². The van der Waals surface area contributed by atoms with Crippen molar-refractivity contribution in [3.05, 3.63) is 93.3 Å². The zero-order valence-electron chi connectivity index (χ0n) is 25.1. The molecule has 2 aromatic heterocycles. The van der Waals surface area contributed by atoms with Crippen LogP contribution in [0.1, 0.15) is 31.8 Å². The minimum atomic E-state index is -4.96. The van der Waals surface area contributed by atoms with Crippen LogP contribution >= 0.6 is 15.9 Å². The molecular formula is C30H27BrF5N5O6. The number of amides is 1. The molecule has 0 N–H and O–H groups in total. The van der Waals surface area contributed by atoms with E-state index in [1.54, 1.807) is 0 Å². The van der Waals surface area contributed by atoms with Crippen LogP contribution in [-0.2, 0) is 33.4 Å². The van der Waals surface area contributed by atoms with Gasteiger partial charge in [-0.2, -0.15) is 28.2 Å². The Labute approximate surface area is 273 Å². The molecule has 2 heterocycles. The van der Waals surface area contributed by atoms with Gasteiger partial charge in [0.2, 0.25) is 5.88 Å². The van der Waals surface area contributed by atoms with Crippen LogP contribution in [0.15, 0.2) is 59.5 Å². The molecule has 1 amide bonds. The van der Waals surface area contributed by atoms with E-state index in [1.165, 1.54) is 43.5 Å². The fourth-order valence-electron chi connectivity index (χ4n) is 4.55. The minimum absolute atomic E-state index is 0.0908. The molecule has 0 atom stereocenters. The molecule has 0 saturated heterocycles. The van der Waals surface area contributed by atoms with Crippen molar-refractivity contribution < 1.29 is 50.5 Å². The van der Waals surface area contributed by atoms with E-state index in [2.05, 4.69) is 31.1 Å². The van der Waals surface area contributed by atoms with Crippen molar-refractivity contribution in [2.75, 3.05) is 39.4 Å². The highest BCUT2D eigenvalue weighted by Gasteiger charge is 2.37. The Morgan fingerprint density at radius 2 is 1.64 bits per heavy atom. The Balaban J connectivity index is 1.81. The summed E-state index contributed by atoms with van der Waals surface area (Å²) in [6.07, 6.45) is -0.914. The fourth-order valence-corrected chi connectivity index (χ4v) is 4.88. The third-order valence-corrected chi connectivity index (χ3v) is 7.16. The molecule has 0 saturated carbocycles. The van der Waals surface area contributed by atoms with Crippen LogP contribution in [-0.4, -0.2) is 72.4 Å². The maximum Gasteiger partial charge on any atom is 0.421 e. The first kappa shape index (κ1) is 35.4. The number of aryl methyl sites for hydroxylation is 2. The molecule has 0 bridgehead atoms. The van der Waals surface area contributed by atoms with Crippen molar-refractivity contribution in [1.29, 1.82) is 0 Å². The van der Waals surface area contributed by atoms with Crippen LogP contribution < -0.4 is 9.64 Å². The smallest absolute Gasteiger partial charge is 0.421 e. The van der Waals surface area contributed by atoms with Crippen LogP contribution in [0.2, 0.25) is 0 Å². The normalized spacial score (nSPS) is 11.5. The molecule has 250 valence electrons. The Hall–Kier alpha value is -4.48. The number of hydrogen-bond acceptors (Lipinski definition) is 9. The van der Waals surface area contributed by atoms with Gasteiger partial charge in [0, 0.05) is 37.0 Å². The number of aromatic nitrogens is 4. The second kappa shape index (κ2) is 15.4. The van der Waals surface area contributed by atoms with E-state index in [1.807, 2.05) is 0 Å². The number of carbonyl (C=O) groups excluding carboxylic acids is 2. The van der Waals surface area contributed by atoms with Gasteiger partial charge in [-0.25, -0.2) is 18.6 Å². The molecule has 47 heavy (non-hydrogen) atoms. The maximum absolute atomic E-state index is 15.8. The fraction of sp³-hybridized carbons (Fsp3) is 0.300. The summed E-state index contributed by atoms with van der Waals surface area (Å²) in [5, 5.41) is 7.80. The third kappa shape index (κ3) is 8.47. The van der Waals surface area contributed by atoms with E-state index in [-0.39, 0.29) is 31.7 Å². The van der Waals surface area contributed by atoms with Gasteiger partial charge in [0.1, 0.15) is 11.4 Å². The average Bonchev–Trinajstić information content (AvgIpc) is 3.55. The van der Waals surface area contributed by atoms with Gasteiger partial charge in [0.05, 0.1) is 62.1 Å². The van der Waals surface area contributed by atoms with Gasteiger partial charge in [-0.05, 0) is 36.2 Å². The third-order valence-electron chi connectivity index (χ3n) is 6.67. The lowest BCUT2D eigenvalue weighted by molar-refractivity contribution is -0.139. The van der Waals surface area contributed by atoms with E-state index >= 15 is 4.39 Å². The highest BCUT2D eigenvalue weighted by atomic mass is 79.9. The molecule has 0 unspecified atom stereocenters. The number of anilines is 1. The van der Waals surface area contributed by atoms with Gasteiger partial charge in [-0.1, -0.05) is 15.9 Å². The molecule has 0 aliphatic heterocycles. The molecule has 0 radical (unpaired) electrons. The summed E-state index contributed by atoms with van der Waals surface area (Å²) in [6.45, 7) is -0.253. The van der Waals surface area contributed by atoms with Crippen LogP contribution in [0.4, 0.5) is 27.6 Å². The van der Waals surface area contributed by atoms with E-state index in [9.17, 15) is 27.2 Å². The summed E-state index contributed by atoms with van der Waals surface area (Å²) in [5.41, 5.74) is -2.49. The van der Waals surface area contributed by atoms with Crippen LogP contribution in [0.5, 0.6) is 11.6 Å². The summed E-state index contributed by atoms with van der Waals surface area (Å²) < 4.78 is 94.0. The van der Waals surface area contributed by atoms with Crippen LogP contribution in [0.3, 0.4) is 0 Å². The Morgan fingerprint density at radius 3 is 2.23 bits per heavy atom. The molecule has 0 fully saturated rings. The van der Waals surface area contributed by atoms with Crippen molar-refractivity contribution >= 4 is 33.5 Å². The lowest BCUT2D eigenvalue weighted by Crippen LogP contribution is -2.47. The standard InChI is InChI=1S/C30H27BrF5N5O6/c1-44-15-19(16-45-2)41(28(42)20-5-4-18(31)11-23(20)32)25-13-24(33)26(12-21(25)29(43)46-3)47-27-22(30(34,35)36)10-17(14-37-27)6-9-40-38-7-8-39-40/h4-5,7-8,10-14,19H,6,9,15-16H2,1-3H3. The summed E-state index contributed by atoms with van der Waals surface area (Å²) in [4.78, 5) is 32.8. The number of carbonyl (C=O) groups is 2. The average molecular weight is 728 g/mol. The molecular weight excluding hydrogens is 701 g/mol. The molecule has 0 aliphatic rings. The summed E-state index contributed by atoms with van der Waals surface area (Å²) in [6, 6.07) is 4.83. The molecule has 11 nitrogen and oxygen atoms in total. The predicted molar refractivity (Wildman–Crippen MR) is 159 cm³/mol. The monoisotopic (exact) mass is 727 g/mol. The number of nitrogens with zero attached hydrogens (tertiary/aromatic N) is 5. The molecule has 4 aromatic rings. The van der Waals surface area contributed by atoms with Gasteiger partial charge < -0.3 is 18.9 Å². The van der Waals surface area contributed by atoms with E-state index in [0.29, 0.717) is 10.5 Å². The zero-order valence-corrected chi connectivity index (χ0v) is 26.6. The highest BCUT2D eigenvalue weighted by molar-refractivity contribution is 9.10. The lowest BCUT2D eigenvalue weighted by atomic mass is 10.1. The first-order valence-corrected chi connectivity index (χ1v) is 14.4. The quantitative estimate of drug-likeness (QED) is 0.123. The van der Waals surface area contributed by atoms with Crippen LogP contribution in [0, 0.1) is 11.6 Å². The van der Waals surface area contributed by atoms with Crippen molar-refractivity contribution in [3.63, 3.8) is 0 Å². The molecule has 4 rings (SSSR count). The number of esters is 1. The molecule has 17 heteroatoms. The maximum atomic E-state index is 15.8. The lowest BCUT2D eigenvalue weighted by Gasteiger charge is -2.32. The number of hydrogen-bond donors (Lipinski definition) is 0. The first-order valence-electron chi connectivity index (χ1n) is 13.6. The van der Waals surface area contributed by atoms with Crippen molar-refractivity contribution in [1.82, 2.24) is 20.0 Å². The Bertz CT molecular complexity index is 1720. The first-order chi connectivity index (χ1) is 22.4. The number of methoxy groups -OCH3 is 3. The zero-order chi connectivity index (χ0) is 34.3. The van der Waals surface area contributed by atoms with Crippen LogP contribution in [0.25, 0.3) is 0 Å². The number of pyridine rings is 1. The molecule has 2 aromatic carbocycles. The number of ether oxygens (including phenoxy) is 4. The van der Waals surface area contributed by atoms with Gasteiger partial charge in [-0.3, -0.25) is 9.69 Å². The second-order valence-electron chi connectivity index (χ2n) is 9.83. The number of halogens is 6. The Morgan fingerprint density at radius 1 is 0.957 bits per heavy atom. The van der Waals surface area contributed by atoms with E-state index in [0.717, 1.165) is 36.4 Å². The van der Waals surface area contributed by atoms with E-state index in [4.69, 9.17) is 18.9 Å². The summed E-state index contributed by atoms with van der Waals surface area (Å²) in [7, 11) is 3.63. The number of rotatable bonds is 13. The molecule has 0 spiro atoms.